The minimum Gasteiger partial charge on any atom is -0.488 e. The number of carbonyl (C=O) groups excluding carboxylic acids is 7. The van der Waals surface area contributed by atoms with Gasteiger partial charge in [-0.15, -0.1) is 21.5 Å². The number of likely N-dealkylation sites (N-methyl/N-ethyl adjacent to an activating group) is 1. The average Bonchev–Trinajstić information content (AvgIpc) is 1.40. The van der Waals surface area contributed by atoms with E-state index in [1.165, 1.54) is 22.0 Å². The van der Waals surface area contributed by atoms with Crippen molar-refractivity contribution in [1.29, 1.82) is 0 Å². The van der Waals surface area contributed by atoms with Gasteiger partial charge >= 0.3 is 7.82 Å². The van der Waals surface area contributed by atoms with Gasteiger partial charge in [-0.3, -0.25) is 52.8 Å². The standard InChI is InChI=1S/C85H111N18O15PS/c1-54(2)77(82(108)102-51-65(118-119(111,112)113)45-70(102)81(107)90-56(4)59-19-21-60(22-20-59)78-57(5)89-53-120-78)72-47-74(95-117-72)115-42-40-98-37-38-99(55(3)48-98)41-43-114-73-44-62(29-32-87-73)103-63-25-26-64(103)50-100(49-63)69-46-68(93-94-79(69)86)66-14-9-10-16-71(66)116-52-58-17-23-61(24-18-58)91-80(106)67(15-11-12-34-96(6)7)92-84(110)85(30-13-31-85)83(109)88-33-35-97(8)36-39-101-75(104)27-28-76(101)105/h9-10,14,16-24,27-29,32,44,46-47,53-56,63-65,67,70,77H,11-13,15,25-26,30-31,33-43,45,48-52H2,1-8H3,(H2,86,94)(H,88,109)(H,90,107)(H,91,106)(H,92,110)(H2,111,112,113)/t55-,56+,63?,64?,65-,67+,70+,77-/m1/s1. The molecule has 9 heterocycles. The minimum absolute atomic E-state index is 0.130. The number of amides is 7. The van der Waals surface area contributed by atoms with Crippen molar-refractivity contribution in [1.82, 2.24) is 70.7 Å². The second-order valence-electron chi connectivity index (χ2n) is 32.8. The van der Waals surface area contributed by atoms with Crippen molar-refractivity contribution in [3.8, 4) is 39.2 Å². The Morgan fingerprint density at radius 1 is 0.792 bits per heavy atom. The smallest absolute Gasteiger partial charge is 0.469 e. The first-order chi connectivity index (χ1) is 57.6. The highest BCUT2D eigenvalue weighted by molar-refractivity contribution is 7.46. The summed E-state index contributed by atoms with van der Waals surface area (Å²) in [7, 11) is 0.825. The van der Waals surface area contributed by atoms with Gasteiger partial charge in [0.15, 0.2) is 11.6 Å². The number of phosphoric acid groups is 1. The molecule has 642 valence electrons. The van der Waals surface area contributed by atoms with Crippen LogP contribution in [-0.2, 0) is 49.3 Å². The van der Waals surface area contributed by atoms with E-state index in [0.29, 0.717) is 113 Å². The highest BCUT2D eigenvalue weighted by Gasteiger charge is 2.52. The van der Waals surface area contributed by atoms with E-state index in [1.54, 1.807) is 35.0 Å². The van der Waals surface area contributed by atoms with Crippen molar-refractivity contribution in [2.45, 2.75) is 147 Å². The van der Waals surface area contributed by atoms with Crippen molar-refractivity contribution >= 4 is 83.4 Å². The van der Waals surface area contributed by atoms with Gasteiger partial charge in [0.25, 0.3) is 17.7 Å². The molecule has 13 rings (SSSR count). The summed E-state index contributed by atoms with van der Waals surface area (Å²) in [5, 5.41) is 25.2. The number of anilines is 4. The molecule has 4 saturated heterocycles. The fraction of sp³-hybridized carbons (Fsp3) is 0.506. The molecule has 5 aliphatic heterocycles. The Labute approximate surface area is 703 Å². The molecule has 35 heteroatoms. The lowest BCUT2D eigenvalue weighted by atomic mass is 9.67. The van der Waals surface area contributed by atoms with Crippen LogP contribution in [0.15, 0.2) is 125 Å². The number of nitrogens with two attached hydrogens (primary N) is 1. The van der Waals surface area contributed by atoms with Crippen LogP contribution in [0.3, 0.4) is 0 Å². The number of fused-ring (bicyclic) bond motifs is 2. The first-order valence-electron chi connectivity index (χ1n) is 41.4. The predicted octanol–water partition coefficient (Wildman–Crippen LogP) is 7.44. The molecule has 0 spiro atoms. The molecule has 4 aromatic heterocycles. The van der Waals surface area contributed by atoms with Crippen molar-refractivity contribution in [3.05, 3.63) is 144 Å². The number of nitrogens with one attached hydrogen (secondary N) is 4. The molecule has 6 aliphatic rings. The summed E-state index contributed by atoms with van der Waals surface area (Å²) < 4.78 is 41.9. The van der Waals surface area contributed by atoms with Crippen LogP contribution in [0.4, 0.5) is 22.9 Å². The Kier molecular flexibility index (Phi) is 28.8. The van der Waals surface area contributed by atoms with Crippen molar-refractivity contribution < 1.29 is 71.2 Å². The molecule has 7 aromatic rings. The Bertz CT molecular complexity index is 4800. The van der Waals surface area contributed by atoms with Gasteiger partial charge in [0, 0.05) is 151 Å². The number of thiazole rings is 1. The topological polar surface area (TPSA) is 392 Å². The van der Waals surface area contributed by atoms with E-state index in [0.717, 1.165) is 89.6 Å². The molecule has 1 saturated carbocycles. The number of hydrogen-bond acceptors (Lipinski definition) is 26. The van der Waals surface area contributed by atoms with E-state index < -0.39 is 67.0 Å². The molecular weight excluding hydrogens is 1580 g/mol. The number of nitrogen functional groups attached to an aromatic ring is 1. The molecule has 2 unspecified atom stereocenters. The fourth-order valence-electron chi connectivity index (χ4n) is 16.8. The Morgan fingerprint density at radius 3 is 2.22 bits per heavy atom. The lowest BCUT2D eigenvalue weighted by Gasteiger charge is -2.43. The van der Waals surface area contributed by atoms with Crippen LogP contribution in [0.5, 0.6) is 17.5 Å². The molecule has 8 atom stereocenters. The molecule has 7 amide bonds. The molecule has 2 bridgehead atoms. The zero-order valence-electron chi connectivity index (χ0n) is 69.4. The van der Waals surface area contributed by atoms with E-state index in [1.807, 2.05) is 139 Å². The number of aromatic nitrogens is 5. The van der Waals surface area contributed by atoms with Gasteiger partial charge in [0.2, 0.25) is 35.4 Å². The molecular formula is C85H111N18O15PS. The molecule has 0 radical (unpaired) electrons. The number of para-hydroxylation sites is 1. The Balaban J connectivity index is 0.548. The van der Waals surface area contributed by atoms with Crippen LogP contribution >= 0.6 is 19.2 Å². The summed E-state index contributed by atoms with van der Waals surface area (Å²) in [6.45, 7) is 17.7. The Morgan fingerprint density at radius 2 is 1.52 bits per heavy atom. The molecule has 5 fully saturated rings. The van der Waals surface area contributed by atoms with Crippen molar-refractivity contribution in [2.24, 2.45) is 11.3 Å². The maximum absolute atomic E-state index is 14.6. The normalized spacial score (nSPS) is 20.0. The zero-order valence-corrected chi connectivity index (χ0v) is 71.1. The third-order valence-corrected chi connectivity index (χ3v) is 25.2. The fourth-order valence-corrected chi connectivity index (χ4v) is 18.2. The van der Waals surface area contributed by atoms with Gasteiger partial charge in [-0.25, -0.2) is 14.5 Å². The monoisotopic (exact) mass is 1690 g/mol. The number of pyridine rings is 1. The number of unbranched alkanes of at least 4 members (excludes halogenated alkanes) is 1. The third kappa shape index (κ3) is 21.7. The van der Waals surface area contributed by atoms with Gasteiger partial charge in [-0.1, -0.05) is 68.8 Å². The highest BCUT2D eigenvalue weighted by Crippen LogP contribution is 2.45. The number of aryl methyl sites for hydroxylation is 1. The van der Waals surface area contributed by atoms with Gasteiger partial charge < -0.3 is 80.0 Å². The van der Waals surface area contributed by atoms with E-state index in [2.05, 4.69) is 78.0 Å². The number of benzene rings is 3. The third-order valence-electron chi connectivity index (χ3n) is 23.6. The van der Waals surface area contributed by atoms with Crippen LogP contribution < -0.4 is 51.0 Å². The second kappa shape index (κ2) is 39.5. The maximum atomic E-state index is 14.6. The van der Waals surface area contributed by atoms with Crippen LogP contribution in [0.1, 0.15) is 120 Å². The number of ether oxygens (including phenoxy) is 3. The van der Waals surface area contributed by atoms with Crippen LogP contribution in [0.2, 0.25) is 0 Å². The van der Waals surface area contributed by atoms with Crippen molar-refractivity contribution in [2.75, 3.05) is 140 Å². The number of imide groups is 1. The Hall–Kier alpha value is -10.3. The molecule has 8 N–H and O–H groups in total. The summed E-state index contributed by atoms with van der Waals surface area (Å²) in [5.74, 6) is -2.22. The summed E-state index contributed by atoms with van der Waals surface area (Å²) in [6.07, 6.45) is 8.32. The number of likely N-dealkylation sites (tertiary alicyclic amines) is 1. The molecule has 120 heavy (non-hydrogen) atoms. The molecule has 1 aliphatic carbocycles. The van der Waals surface area contributed by atoms with E-state index in [-0.39, 0.29) is 86.1 Å². The number of phosphoric ester groups is 1. The minimum atomic E-state index is -4.97. The van der Waals surface area contributed by atoms with Crippen LogP contribution in [-0.4, -0.2) is 262 Å². The van der Waals surface area contributed by atoms with Crippen molar-refractivity contribution in [3.63, 3.8) is 0 Å². The SMILES string of the molecule is Cc1ncsc1-c1ccc([C@H](C)NC(=O)[C@@H]2C[C@@H](OP(=O)(O)O)CN2C(=O)[C@@H](c2cc(OCCN3CCN(CCOc4cc(N5C6CCC5CN(c5cc(-c7ccccc7OCc7ccc(NC(=O)[C@H](CCCCN(C)C)NC(=O)C8(C(=O)NCCN(C)CCN9C(=O)C=CC9=O)CCC8)cc7)nnc5N)C6)ccn4)[C@H](C)C3)no2)C(C)C)cc1. The lowest BCUT2D eigenvalue weighted by Crippen LogP contribution is -2.59. The number of hydrogen-bond donors (Lipinski definition) is 7. The van der Waals surface area contributed by atoms with Gasteiger partial charge in [0.1, 0.15) is 49.0 Å². The summed E-state index contributed by atoms with van der Waals surface area (Å²) >= 11 is 1.54. The van der Waals surface area contributed by atoms with Gasteiger partial charge in [-0.05, 0) is 158 Å². The average molecular weight is 1690 g/mol. The first kappa shape index (κ1) is 87.5. The van der Waals surface area contributed by atoms with E-state index >= 15 is 0 Å². The van der Waals surface area contributed by atoms with Gasteiger partial charge in [-0.2, -0.15) is 0 Å². The molecule has 33 nitrogen and oxygen atoms in total. The summed E-state index contributed by atoms with van der Waals surface area (Å²) in [5.41, 5.74) is 14.5. The second-order valence-corrected chi connectivity index (χ2v) is 34.8. The van der Waals surface area contributed by atoms with E-state index in [4.69, 9.17) is 29.0 Å². The van der Waals surface area contributed by atoms with Crippen LogP contribution in [0, 0.1) is 18.3 Å². The quantitative estimate of drug-likeness (QED) is 0.00851. The molecule has 3 aromatic carbocycles. The zero-order chi connectivity index (χ0) is 84.9. The number of rotatable bonds is 39. The number of piperazine rings is 2. The van der Waals surface area contributed by atoms with Gasteiger partial charge in [0.05, 0.1) is 39.6 Å². The summed E-state index contributed by atoms with van der Waals surface area (Å²) in [4.78, 5) is 140. The first-order valence-corrected chi connectivity index (χ1v) is 43.8. The predicted molar refractivity (Wildman–Crippen MR) is 452 cm³/mol. The number of nitrogens with zero attached hydrogens (tertiary/aromatic N) is 13. The maximum Gasteiger partial charge on any atom is 0.469 e. The lowest BCUT2D eigenvalue weighted by molar-refractivity contribution is -0.151. The van der Waals surface area contributed by atoms with E-state index in [9.17, 15) is 47.9 Å². The summed E-state index contributed by atoms with van der Waals surface area (Å²) in [6, 6.07) is 28.6. The number of carbonyl (C=O) groups is 7. The van der Waals surface area contributed by atoms with Crippen LogP contribution in [0.25, 0.3) is 21.7 Å². The highest BCUT2D eigenvalue weighted by atomic mass is 32.1. The largest absolute Gasteiger partial charge is 0.488 e.